The van der Waals surface area contributed by atoms with E-state index < -0.39 is 0 Å². The van der Waals surface area contributed by atoms with Crippen LogP contribution in [0.3, 0.4) is 0 Å². The quantitative estimate of drug-likeness (QED) is 0.868. The average Bonchev–Trinajstić information content (AvgIpc) is 2.90. The summed E-state index contributed by atoms with van der Waals surface area (Å²) < 4.78 is 0. The summed E-state index contributed by atoms with van der Waals surface area (Å²) in [6.45, 7) is 3.17. The fourth-order valence-corrected chi connectivity index (χ4v) is 3.42. The number of rotatable bonds is 6. The Hall–Kier alpha value is -0.870. The smallest absolute Gasteiger partial charge is 0.220 e. The van der Waals surface area contributed by atoms with Crippen molar-refractivity contribution in [2.24, 2.45) is 5.92 Å². The molecule has 1 aromatic heterocycles. The van der Waals surface area contributed by atoms with Gasteiger partial charge >= 0.3 is 0 Å². The summed E-state index contributed by atoms with van der Waals surface area (Å²) in [4.78, 5) is 15.5. The molecule has 1 saturated heterocycles. The molecule has 0 aromatic carbocycles. The number of amides is 1. The van der Waals surface area contributed by atoms with Gasteiger partial charge in [-0.05, 0) is 56.6 Å². The van der Waals surface area contributed by atoms with Crippen molar-refractivity contribution >= 4 is 17.2 Å². The summed E-state index contributed by atoms with van der Waals surface area (Å²) >= 11 is 1.77. The topological polar surface area (TPSA) is 32.3 Å². The lowest BCUT2D eigenvalue weighted by molar-refractivity contribution is -0.121. The molecule has 0 aliphatic carbocycles. The number of likely N-dealkylation sites (tertiary alicyclic amines) is 1. The van der Waals surface area contributed by atoms with E-state index >= 15 is 0 Å². The van der Waals surface area contributed by atoms with E-state index in [0.717, 1.165) is 25.9 Å². The number of carbonyl (C=O) groups excluding carboxylic acids is 1. The van der Waals surface area contributed by atoms with E-state index in [2.05, 4.69) is 34.8 Å². The molecule has 1 aliphatic rings. The van der Waals surface area contributed by atoms with Gasteiger partial charge in [0.1, 0.15) is 0 Å². The van der Waals surface area contributed by atoms with Crippen LogP contribution in [-0.4, -0.2) is 37.5 Å². The van der Waals surface area contributed by atoms with E-state index in [9.17, 15) is 4.79 Å². The van der Waals surface area contributed by atoms with Crippen LogP contribution in [0.15, 0.2) is 17.5 Å². The van der Waals surface area contributed by atoms with Gasteiger partial charge in [-0.1, -0.05) is 6.07 Å². The normalized spacial score (nSPS) is 20.4. The number of nitrogens with zero attached hydrogens (tertiary/aromatic N) is 1. The molecule has 0 saturated carbocycles. The SMILES string of the molecule is CN1CCCC(CNC(=O)CCCc2cccs2)C1. The minimum Gasteiger partial charge on any atom is -0.356 e. The lowest BCUT2D eigenvalue weighted by Gasteiger charge is -2.29. The van der Waals surface area contributed by atoms with E-state index in [1.54, 1.807) is 11.3 Å². The lowest BCUT2D eigenvalue weighted by Crippen LogP contribution is -2.39. The summed E-state index contributed by atoms with van der Waals surface area (Å²) in [6, 6.07) is 4.21. The van der Waals surface area contributed by atoms with Crippen molar-refractivity contribution in [3.63, 3.8) is 0 Å². The predicted octanol–water partition coefficient (Wildman–Crippen LogP) is 2.53. The van der Waals surface area contributed by atoms with Gasteiger partial charge < -0.3 is 10.2 Å². The first kappa shape index (κ1) is 14.5. The second-order valence-corrected chi connectivity index (χ2v) is 6.54. The molecule has 0 bridgehead atoms. The third-order valence-electron chi connectivity index (χ3n) is 3.72. The minimum atomic E-state index is 0.213. The van der Waals surface area contributed by atoms with Crippen LogP contribution in [0, 0.1) is 5.92 Å². The van der Waals surface area contributed by atoms with Gasteiger partial charge in [-0.15, -0.1) is 11.3 Å². The van der Waals surface area contributed by atoms with Crippen LogP contribution in [0.5, 0.6) is 0 Å². The van der Waals surface area contributed by atoms with Crippen molar-refractivity contribution < 1.29 is 4.79 Å². The molecule has 19 heavy (non-hydrogen) atoms. The summed E-state index contributed by atoms with van der Waals surface area (Å²) in [7, 11) is 2.16. The molecule has 1 aliphatic heterocycles. The largest absolute Gasteiger partial charge is 0.356 e. The minimum absolute atomic E-state index is 0.213. The molecule has 1 unspecified atom stereocenters. The zero-order valence-corrected chi connectivity index (χ0v) is 12.5. The molecule has 2 heterocycles. The van der Waals surface area contributed by atoms with Gasteiger partial charge in [0.25, 0.3) is 0 Å². The van der Waals surface area contributed by atoms with Crippen molar-refractivity contribution in [3.8, 4) is 0 Å². The third-order valence-corrected chi connectivity index (χ3v) is 4.65. The monoisotopic (exact) mass is 280 g/mol. The molecule has 0 spiro atoms. The zero-order chi connectivity index (χ0) is 13.5. The number of thiophene rings is 1. The summed E-state index contributed by atoms with van der Waals surface area (Å²) in [5.74, 6) is 0.852. The Morgan fingerprint density at radius 2 is 2.47 bits per heavy atom. The second-order valence-electron chi connectivity index (χ2n) is 5.51. The Labute approximate surface area is 120 Å². The summed E-state index contributed by atoms with van der Waals surface area (Å²) in [5.41, 5.74) is 0. The van der Waals surface area contributed by atoms with Crippen LogP contribution >= 0.6 is 11.3 Å². The third kappa shape index (κ3) is 5.33. The highest BCUT2D eigenvalue weighted by Crippen LogP contribution is 2.14. The van der Waals surface area contributed by atoms with Crippen LogP contribution in [0.25, 0.3) is 0 Å². The molecule has 1 atom stereocenters. The lowest BCUT2D eigenvalue weighted by atomic mass is 9.98. The number of hydrogen-bond acceptors (Lipinski definition) is 3. The molecule has 1 fully saturated rings. The molecule has 4 heteroatoms. The molecule has 1 amide bonds. The van der Waals surface area contributed by atoms with Crippen molar-refractivity contribution in [2.75, 3.05) is 26.7 Å². The molecular weight excluding hydrogens is 256 g/mol. The van der Waals surface area contributed by atoms with E-state index in [1.165, 1.54) is 24.3 Å². The Kier molecular flexibility index (Phi) is 5.86. The van der Waals surface area contributed by atoms with Gasteiger partial charge in [0, 0.05) is 24.4 Å². The standard InChI is InChI=1S/C15H24N2OS/c1-17-9-3-5-13(12-17)11-16-15(18)8-2-6-14-7-4-10-19-14/h4,7,10,13H,2-3,5-6,8-9,11-12H2,1H3,(H,16,18). The van der Waals surface area contributed by atoms with Crippen LogP contribution in [0.1, 0.15) is 30.6 Å². The molecule has 1 aromatic rings. The van der Waals surface area contributed by atoms with Crippen molar-refractivity contribution in [1.29, 1.82) is 0 Å². The fourth-order valence-electron chi connectivity index (χ4n) is 2.66. The van der Waals surface area contributed by atoms with Gasteiger partial charge in [0.2, 0.25) is 5.91 Å². The van der Waals surface area contributed by atoms with Gasteiger partial charge in [-0.2, -0.15) is 0 Å². The molecule has 1 N–H and O–H groups in total. The molecule has 106 valence electrons. The molecular formula is C15H24N2OS. The highest BCUT2D eigenvalue weighted by Gasteiger charge is 2.17. The Bertz CT molecular complexity index is 378. The maximum absolute atomic E-state index is 11.8. The number of aryl methyl sites for hydroxylation is 1. The molecule has 2 rings (SSSR count). The fraction of sp³-hybridized carbons (Fsp3) is 0.667. The highest BCUT2D eigenvalue weighted by molar-refractivity contribution is 7.09. The molecule has 0 radical (unpaired) electrons. The number of carbonyl (C=O) groups is 1. The maximum Gasteiger partial charge on any atom is 0.220 e. The van der Waals surface area contributed by atoms with Crippen molar-refractivity contribution in [3.05, 3.63) is 22.4 Å². The van der Waals surface area contributed by atoms with E-state index in [1.807, 2.05) is 0 Å². The first-order valence-electron chi connectivity index (χ1n) is 7.21. The van der Waals surface area contributed by atoms with Crippen molar-refractivity contribution in [2.45, 2.75) is 32.1 Å². The first-order chi connectivity index (χ1) is 9.24. The summed E-state index contributed by atoms with van der Waals surface area (Å²) in [5, 5.41) is 5.18. The zero-order valence-electron chi connectivity index (χ0n) is 11.7. The van der Waals surface area contributed by atoms with Crippen LogP contribution in [-0.2, 0) is 11.2 Å². The number of nitrogens with one attached hydrogen (secondary N) is 1. The summed E-state index contributed by atoms with van der Waals surface area (Å²) in [6.07, 6.45) is 5.14. The first-order valence-corrected chi connectivity index (χ1v) is 8.09. The van der Waals surface area contributed by atoms with Gasteiger partial charge in [-0.3, -0.25) is 4.79 Å². The van der Waals surface area contributed by atoms with E-state index in [4.69, 9.17) is 0 Å². The van der Waals surface area contributed by atoms with Crippen LogP contribution in [0.2, 0.25) is 0 Å². The second kappa shape index (κ2) is 7.65. The maximum atomic E-state index is 11.8. The Balaban J connectivity index is 1.56. The van der Waals surface area contributed by atoms with Crippen LogP contribution < -0.4 is 5.32 Å². The number of piperidine rings is 1. The Morgan fingerprint density at radius 3 is 3.21 bits per heavy atom. The van der Waals surface area contributed by atoms with Crippen molar-refractivity contribution in [1.82, 2.24) is 10.2 Å². The van der Waals surface area contributed by atoms with E-state index in [0.29, 0.717) is 12.3 Å². The highest BCUT2D eigenvalue weighted by atomic mass is 32.1. The van der Waals surface area contributed by atoms with Gasteiger partial charge in [-0.25, -0.2) is 0 Å². The van der Waals surface area contributed by atoms with E-state index in [-0.39, 0.29) is 5.91 Å². The Morgan fingerprint density at radius 1 is 1.58 bits per heavy atom. The van der Waals surface area contributed by atoms with Crippen LogP contribution in [0.4, 0.5) is 0 Å². The molecule has 3 nitrogen and oxygen atoms in total. The average molecular weight is 280 g/mol. The predicted molar refractivity (Wildman–Crippen MR) is 80.5 cm³/mol. The van der Waals surface area contributed by atoms with Gasteiger partial charge in [0.15, 0.2) is 0 Å². The van der Waals surface area contributed by atoms with Gasteiger partial charge in [0.05, 0.1) is 0 Å². The number of hydrogen-bond donors (Lipinski definition) is 1.